The molecule has 0 atom stereocenters. The van der Waals surface area contributed by atoms with Crippen LogP contribution in [0, 0.1) is 0 Å². The Bertz CT molecular complexity index is 1170. The van der Waals surface area contributed by atoms with Gasteiger partial charge in [-0.3, -0.25) is 9.69 Å². The lowest BCUT2D eigenvalue weighted by atomic mass is 10.2. The Morgan fingerprint density at radius 1 is 0.970 bits per heavy atom. The van der Waals surface area contributed by atoms with Gasteiger partial charge in [-0.15, -0.1) is 11.3 Å². The van der Waals surface area contributed by atoms with Gasteiger partial charge in [-0.05, 0) is 29.6 Å². The van der Waals surface area contributed by atoms with Gasteiger partial charge < -0.3 is 10.2 Å². The molecule has 33 heavy (non-hydrogen) atoms. The molecule has 1 aromatic carbocycles. The van der Waals surface area contributed by atoms with Crippen molar-refractivity contribution in [3.8, 4) is 16.3 Å². The van der Waals surface area contributed by atoms with Crippen molar-refractivity contribution in [2.75, 3.05) is 44.2 Å². The molecule has 168 valence electrons. The van der Waals surface area contributed by atoms with Gasteiger partial charge in [-0.2, -0.15) is 5.10 Å². The van der Waals surface area contributed by atoms with E-state index in [4.69, 9.17) is 5.10 Å². The largest absolute Gasteiger partial charge is 0.351 e. The second kappa shape index (κ2) is 9.93. The molecular weight excluding hydrogens is 434 g/mol. The van der Waals surface area contributed by atoms with E-state index in [1.54, 1.807) is 28.4 Å². The van der Waals surface area contributed by atoms with Crippen molar-refractivity contribution < 1.29 is 4.79 Å². The van der Waals surface area contributed by atoms with E-state index >= 15 is 0 Å². The van der Waals surface area contributed by atoms with E-state index in [0.717, 1.165) is 49.2 Å². The number of carbonyl (C=O) groups is 1. The molecule has 4 aromatic rings. The zero-order valence-corrected chi connectivity index (χ0v) is 19.0. The molecule has 5 rings (SSSR count). The Kier molecular flexibility index (Phi) is 6.41. The van der Waals surface area contributed by atoms with Crippen LogP contribution < -0.4 is 10.2 Å². The van der Waals surface area contributed by atoms with E-state index in [1.807, 2.05) is 60.1 Å². The third-order valence-electron chi connectivity index (χ3n) is 5.66. The molecule has 1 N–H and O–H groups in total. The molecule has 4 heterocycles. The highest BCUT2D eigenvalue weighted by Gasteiger charge is 2.21. The molecule has 0 bridgehead atoms. The fourth-order valence-electron chi connectivity index (χ4n) is 3.90. The van der Waals surface area contributed by atoms with E-state index < -0.39 is 0 Å². The maximum absolute atomic E-state index is 13.1. The molecule has 1 aliphatic heterocycles. The molecule has 0 radical (unpaired) electrons. The molecule has 3 aromatic heterocycles. The van der Waals surface area contributed by atoms with Gasteiger partial charge in [-0.1, -0.05) is 24.3 Å². The van der Waals surface area contributed by atoms with Gasteiger partial charge in [0.15, 0.2) is 0 Å². The van der Waals surface area contributed by atoms with Crippen LogP contribution in [0.25, 0.3) is 16.3 Å². The lowest BCUT2D eigenvalue weighted by molar-refractivity contribution is 0.0948. The Hall–Kier alpha value is -3.56. The molecule has 1 aliphatic rings. The Labute approximate surface area is 196 Å². The normalized spacial score (nSPS) is 14.4. The first-order valence-corrected chi connectivity index (χ1v) is 11.9. The van der Waals surface area contributed by atoms with Crippen molar-refractivity contribution in [3.63, 3.8) is 0 Å². The standard InChI is InChI=1S/C24H25N7OS/c32-23(25-11-12-29-13-15-30(16-14-29)24-26-9-5-10-27-24)20-18-31(19-6-2-1-3-7-19)28-22(20)21-8-4-17-33-21/h1-10,17-18H,11-16H2,(H,25,32). The van der Waals surface area contributed by atoms with Gasteiger partial charge in [0, 0.05) is 57.9 Å². The van der Waals surface area contributed by atoms with Gasteiger partial charge in [0.25, 0.3) is 5.91 Å². The van der Waals surface area contributed by atoms with Crippen molar-refractivity contribution >= 4 is 23.2 Å². The van der Waals surface area contributed by atoms with Crippen LogP contribution in [0.1, 0.15) is 10.4 Å². The second-order valence-electron chi connectivity index (χ2n) is 7.78. The van der Waals surface area contributed by atoms with Crippen LogP contribution in [-0.2, 0) is 0 Å². The SMILES string of the molecule is O=C(NCCN1CCN(c2ncccn2)CC1)c1cn(-c2ccccc2)nc1-c1cccs1. The van der Waals surface area contributed by atoms with Gasteiger partial charge in [0.1, 0.15) is 5.69 Å². The third-order valence-corrected chi connectivity index (χ3v) is 6.53. The number of thiophene rings is 1. The minimum Gasteiger partial charge on any atom is -0.351 e. The van der Waals surface area contributed by atoms with E-state index in [-0.39, 0.29) is 5.91 Å². The highest BCUT2D eigenvalue weighted by Crippen LogP contribution is 2.27. The Morgan fingerprint density at radius 3 is 2.48 bits per heavy atom. The number of nitrogens with one attached hydrogen (secondary N) is 1. The summed E-state index contributed by atoms with van der Waals surface area (Å²) in [5.41, 5.74) is 2.23. The summed E-state index contributed by atoms with van der Waals surface area (Å²) in [4.78, 5) is 27.3. The van der Waals surface area contributed by atoms with Gasteiger partial charge in [0.2, 0.25) is 5.95 Å². The summed E-state index contributed by atoms with van der Waals surface area (Å²) in [5.74, 6) is 0.680. The van der Waals surface area contributed by atoms with Crippen molar-refractivity contribution in [2.45, 2.75) is 0 Å². The van der Waals surface area contributed by atoms with Crippen LogP contribution >= 0.6 is 11.3 Å². The summed E-state index contributed by atoms with van der Waals surface area (Å²) in [6, 6.07) is 15.7. The number of piperazine rings is 1. The van der Waals surface area contributed by atoms with Crippen molar-refractivity contribution in [1.82, 2.24) is 30.0 Å². The average Bonchev–Trinajstić information content (AvgIpc) is 3.56. The second-order valence-corrected chi connectivity index (χ2v) is 8.73. The summed E-state index contributed by atoms with van der Waals surface area (Å²) in [7, 11) is 0. The fraction of sp³-hybridized carbons (Fsp3) is 0.250. The van der Waals surface area contributed by atoms with Crippen LogP contribution in [0.15, 0.2) is 72.5 Å². The number of hydrogen-bond donors (Lipinski definition) is 1. The van der Waals surface area contributed by atoms with Crippen LogP contribution in [0.4, 0.5) is 5.95 Å². The first-order valence-electron chi connectivity index (χ1n) is 11.0. The van der Waals surface area contributed by atoms with E-state index in [0.29, 0.717) is 17.8 Å². The first-order chi connectivity index (χ1) is 16.3. The van der Waals surface area contributed by atoms with Crippen LogP contribution in [0.5, 0.6) is 0 Å². The Morgan fingerprint density at radius 2 is 1.76 bits per heavy atom. The lowest BCUT2D eigenvalue weighted by Gasteiger charge is -2.34. The van der Waals surface area contributed by atoms with E-state index in [9.17, 15) is 4.79 Å². The fourth-order valence-corrected chi connectivity index (χ4v) is 4.62. The number of carbonyl (C=O) groups excluding carboxylic acids is 1. The van der Waals surface area contributed by atoms with Crippen molar-refractivity contribution in [1.29, 1.82) is 0 Å². The maximum atomic E-state index is 13.1. The minimum atomic E-state index is -0.100. The smallest absolute Gasteiger partial charge is 0.255 e. The minimum absolute atomic E-state index is 0.100. The highest BCUT2D eigenvalue weighted by molar-refractivity contribution is 7.13. The zero-order valence-electron chi connectivity index (χ0n) is 18.2. The summed E-state index contributed by atoms with van der Waals surface area (Å²) in [6.45, 7) is 4.98. The molecule has 0 aliphatic carbocycles. The number of hydrogen-bond acceptors (Lipinski definition) is 7. The highest BCUT2D eigenvalue weighted by atomic mass is 32.1. The van der Waals surface area contributed by atoms with Gasteiger partial charge >= 0.3 is 0 Å². The van der Waals surface area contributed by atoms with Crippen molar-refractivity contribution in [3.05, 3.63) is 78.1 Å². The summed E-state index contributed by atoms with van der Waals surface area (Å²) in [6.07, 6.45) is 5.36. The summed E-state index contributed by atoms with van der Waals surface area (Å²) >= 11 is 1.58. The van der Waals surface area contributed by atoms with Crippen molar-refractivity contribution in [2.24, 2.45) is 0 Å². The molecule has 1 amide bonds. The molecule has 1 fully saturated rings. The number of para-hydroxylation sites is 1. The predicted molar refractivity (Wildman–Crippen MR) is 130 cm³/mol. The quantitative estimate of drug-likeness (QED) is 0.458. The van der Waals surface area contributed by atoms with E-state index in [2.05, 4.69) is 25.1 Å². The summed E-state index contributed by atoms with van der Waals surface area (Å²) < 4.78 is 1.77. The lowest BCUT2D eigenvalue weighted by Crippen LogP contribution is -2.49. The zero-order chi connectivity index (χ0) is 22.5. The molecule has 1 saturated heterocycles. The number of rotatable bonds is 7. The van der Waals surface area contributed by atoms with Gasteiger partial charge in [-0.25, -0.2) is 14.6 Å². The molecular formula is C24H25N7OS. The number of aromatic nitrogens is 4. The Balaban J connectivity index is 1.20. The number of nitrogens with zero attached hydrogens (tertiary/aromatic N) is 6. The molecule has 8 nitrogen and oxygen atoms in total. The first kappa shape index (κ1) is 21.3. The topological polar surface area (TPSA) is 79.2 Å². The summed E-state index contributed by atoms with van der Waals surface area (Å²) in [5, 5.41) is 9.80. The molecule has 0 saturated carbocycles. The molecule has 9 heteroatoms. The third kappa shape index (κ3) is 4.94. The molecule has 0 unspecified atom stereocenters. The average molecular weight is 460 g/mol. The number of anilines is 1. The predicted octanol–water partition coefficient (Wildman–Crippen LogP) is 2.94. The van der Waals surface area contributed by atoms with Crippen LogP contribution in [0.3, 0.4) is 0 Å². The van der Waals surface area contributed by atoms with E-state index in [1.165, 1.54) is 0 Å². The molecule has 0 spiro atoms. The van der Waals surface area contributed by atoms with Crippen LogP contribution in [-0.4, -0.2) is 69.8 Å². The van der Waals surface area contributed by atoms with Gasteiger partial charge in [0.05, 0.1) is 16.1 Å². The number of amides is 1. The van der Waals surface area contributed by atoms with Crippen LogP contribution in [0.2, 0.25) is 0 Å². The number of benzene rings is 1. The maximum Gasteiger partial charge on any atom is 0.255 e. The monoisotopic (exact) mass is 459 g/mol.